The van der Waals surface area contributed by atoms with E-state index < -0.39 is 12.2 Å². The zero-order chi connectivity index (χ0) is 23.8. The fourth-order valence-corrected chi connectivity index (χ4v) is 4.08. The van der Waals surface area contributed by atoms with Gasteiger partial charge in [-0.25, -0.2) is 0 Å². The molecule has 2 unspecified atom stereocenters. The maximum atomic E-state index is 13.5. The second-order valence-corrected chi connectivity index (χ2v) is 8.67. The van der Waals surface area contributed by atoms with Gasteiger partial charge in [-0.2, -0.15) is 23.5 Å². The quantitative estimate of drug-likeness (QED) is 0.444. The Bertz CT molecular complexity index is 1220. The molecule has 2 aromatic heterocycles. The van der Waals surface area contributed by atoms with Crippen molar-refractivity contribution >= 4 is 22.4 Å². The zero-order valence-corrected chi connectivity index (χ0v) is 18.3. The fraction of sp³-hybridized carbons (Fsp3) is 0.435. The number of halogens is 3. The standard InChI is InChI=1S/C23H25F3N6O/c1-13(2)29-20(23(24,25)26)15-5-7-16(8-6-15)30-21-19-18(10-12-28-22(19)33)32(31-21)17(9-11-27)14-3-4-14/h5-8,10,12-14,17,20,29H,3-4,9H2,1-2H3,(H,28,33)(H,30,31). The highest BCUT2D eigenvalue weighted by Crippen LogP contribution is 2.43. The molecule has 3 aromatic rings. The number of H-pyrrole nitrogens is 1. The van der Waals surface area contributed by atoms with Crippen molar-refractivity contribution in [1.82, 2.24) is 20.1 Å². The van der Waals surface area contributed by atoms with E-state index in [-0.39, 0.29) is 29.6 Å². The first-order chi connectivity index (χ1) is 15.7. The van der Waals surface area contributed by atoms with Crippen LogP contribution in [0.4, 0.5) is 24.7 Å². The lowest BCUT2D eigenvalue weighted by atomic mass is 10.1. The summed E-state index contributed by atoms with van der Waals surface area (Å²) in [6.45, 7) is 3.32. The third-order valence-electron chi connectivity index (χ3n) is 5.74. The lowest BCUT2D eigenvalue weighted by molar-refractivity contribution is -0.159. The van der Waals surface area contributed by atoms with E-state index >= 15 is 0 Å². The number of nitrogens with one attached hydrogen (secondary N) is 3. The molecule has 0 saturated heterocycles. The SMILES string of the molecule is CC(C)NC(c1ccc(Nc2nn(C(CC#N)C3CC3)c3cc[nH]c(=O)c23)cc1)C(F)(F)F. The Kier molecular flexibility index (Phi) is 6.17. The number of pyridine rings is 1. The number of aromatic nitrogens is 3. The van der Waals surface area contributed by atoms with Crippen molar-refractivity contribution in [2.75, 3.05) is 5.32 Å². The molecule has 33 heavy (non-hydrogen) atoms. The zero-order valence-electron chi connectivity index (χ0n) is 18.3. The summed E-state index contributed by atoms with van der Waals surface area (Å²) in [6.07, 6.45) is -0.599. The number of rotatable bonds is 8. The summed E-state index contributed by atoms with van der Waals surface area (Å²) < 4.78 is 42.2. The molecule has 2 atom stereocenters. The minimum atomic E-state index is -4.43. The number of hydrogen-bond donors (Lipinski definition) is 3. The van der Waals surface area contributed by atoms with Crippen molar-refractivity contribution in [3.8, 4) is 6.07 Å². The van der Waals surface area contributed by atoms with Crippen LogP contribution in [0.2, 0.25) is 0 Å². The van der Waals surface area contributed by atoms with Gasteiger partial charge in [0.25, 0.3) is 5.56 Å². The molecule has 174 valence electrons. The van der Waals surface area contributed by atoms with Crippen molar-refractivity contribution in [3.63, 3.8) is 0 Å². The van der Waals surface area contributed by atoms with E-state index in [2.05, 4.69) is 26.8 Å². The van der Waals surface area contributed by atoms with Crippen LogP contribution in [0.25, 0.3) is 10.9 Å². The number of anilines is 2. The Hall–Kier alpha value is -3.32. The van der Waals surface area contributed by atoms with Crippen molar-refractivity contribution in [1.29, 1.82) is 5.26 Å². The summed E-state index contributed by atoms with van der Waals surface area (Å²) in [7, 11) is 0. The Labute approximate surface area is 188 Å². The number of nitriles is 1. The molecule has 0 radical (unpaired) electrons. The van der Waals surface area contributed by atoms with E-state index in [0.717, 1.165) is 12.8 Å². The molecular weight excluding hydrogens is 433 g/mol. The van der Waals surface area contributed by atoms with Crippen LogP contribution >= 0.6 is 0 Å². The average Bonchev–Trinajstić information content (AvgIpc) is 3.52. The predicted molar refractivity (Wildman–Crippen MR) is 119 cm³/mol. The molecule has 1 aliphatic rings. The van der Waals surface area contributed by atoms with Gasteiger partial charge in [-0.1, -0.05) is 26.0 Å². The molecule has 1 saturated carbocycles. The molecule has 1 fully saturated rings. The Balaban J connectivity index is 1.67. The number of aromatic amines is 1. The molecule has 3 N–H and O–H groups in total. The summed E-state index contributed by atoms with van der Waals surface area (Å²) >= 11 is 0. The highest BCUT2D eigenvalue weighted by atomic mass is 19.4. The van der Waals surface area contributed by atoms with Crippen molar-refractivity contribution in [3.05, 3.63) is 52.4 Å². The maximum absolute atomic E-state index is 13.5. The minimum Gasteiger partial charge on any atom is -0.338 e. The van der Waals surface area contributed by atoms with Gasteiger partial charge in [0.1, 0.15) is 11.4 Å². The maximum Gasteiger partial charge on any atom is 0.407 e. The normalized spacial score (nSPS) is 16.0. The van der Waals surface area contributed by atoms with Gasteiger partial charge in [0, 0.05) is 17.9 Å². The first-order valence-electron chi connectivity index (χ1n) is 10.9. The molecule has 0 spiro atoms. The van der Waals surface area contributed by atoms with Gasteiger partial charge in [0.05, 0.1) is 24.0 Å². The number of fused-ring (bicyclic) bond motifs is 1. The van der Waals surface area contributed by atoms with Crippen LogP contribution in [0, 0.1) is 17.2 Å². The second kappa shape index (κ2) is 8.90. The highest BCUT2D eigenvalue weighted by molar-refractivity contribution is 5.91. The lowest BCUT2D eigenvalue weighted by Crippen LogP contribution is -2.38. The Morgan fingerprint density at radius 1 is 1.24 bits per heavy atom. The molecule has 2 heterocycles. The van der Waals surface area contributed by atoms with Crippen LogP contribution < -0.4 is 16.2 Å². The van der Waals surface area contributed by atoms with E-state index in [0.29, 0.717) is 28.3 Å². The van der Waals surface area contributed by atoms with Gasteiger partial charge in [0.15, 0.2) is 5.82 Å². The molecule has 0 amide bonds. The van der Waals surface area contributed by atoms with Gasteiger partial charge in [-0.3, -0.25) is 9.48 Å². The van der Waals surface area contributed by atoms with E-state index in [1.165, 1.54) is 30.5 Å². The highest BCUT2D eigenvalue weighted by Gasteiger charge is 2.41. The van der Waals surface area contributed by atoms with E-state index in [4.69, 9.17) is 0 Å². The van der Waals surface area contributed by atoms with Gasteiger partial charge in [0.2, 0.25) is 0 Å². The molecule has 4 rings (SSSR count). The molecule has 1 aromatic carbocycles. The van der Waals surface area contributed by atoms with Crippen molar-refractivity contribution in [2.45, 2.75) is 57.4 Å². The number of hydrogen-bond acceptors (Lipinski definition) is 5. The third-order valence-corrected chi connectivity index (χ3v) is 5.74. The first kappa shape index (κ1) is 22.9. The fourth-order valence-electron chi connectivity index (χ4n) is 4.08. The number of alkyl halides is 3. The third kappa shape index (κ3) is 4.88. The predicted octanol–water partition coefficient (Wildman–Crippen LogP) is 4.93. The van der Waals surface area contributed by atoms with Crippen LogP contribution in [0.5, 0.6) is 0 Å². The van der Waals surface area contributed by atoms with E-state index in [1.54, 1.807) is 24.6 Å². The summed E-state index contributed by atoms with van der Waals surface area (Å²) in [5, 5.41) is 19.8. The Morgan fingerprint density at radius 2 is 1.94 bits per heavy atom. The smallest absolute Gasteiger partial charge is 0.338 e. The number of nitrogens with zero attached hydrogens (tertiary/aromatic N) is 3. The van der Waals surface area contributed by atoms with Crippen LogP contribution in [0.3, 0.4) is 0 Å². The summed E-state index contributed by atoms with van der Waals surface area (Å²) in [5.74, 6) is 0.641. The van der Waals surface area contributed by atoms with Crippen LogP contribution in [0.1, 0.15) is 50.8 Å². The summed E-state index contributed by atoms with van der Waals surface area (Å²) in [5.41, 5.74) is 0.881. The lowest BCUT2D eigenvalue weighted by Gasteiger charge is -2.24. The summed E-state index contributed by atoms with van der Waals surface area (Å²) in [4.78, 5) is 15.2. The summed E-state index contributed by atoms with van der Waals surface area (Å²) in [6, 6.07) is 7.57. The molecule has 0 bridgehead atoms. The van der Waals surface area contributed by atoms with E-state index in [9.17, 15) is 23.2 Å². The Morgan fingerprint density at radius 3 is 2.52 bits per heavy atom. The molecular formula is C23H25F3N6O. The molecule has 10 heteroatoms. The first-order valence-corrected chi connectivity index (χ1v) is 10.9. The van der Waals surface area contributed by atoms with Crippen molar-refractivity contribution in [2.24, 2.45) is 5.92 Å². The van der Waals surface area contributed by atoms with Gasteiger partial charge < -0.3 is 15.6 Å². The van der Waals surface area contributed by atoms with Gasteiger partial charge >= 0.3 is 6.18 Å². The topological polar surface area (TPSA) is 98.5 Å². The van der Waals surface area contributed by atoms with Crippen LogP contribution in [-0.4, -0.2) is 27.0 Å². The van der Waals surface area contributed by atoms with Gasteiger partial charge in [-0.05, 0) is 42.5 Å². The van der Waals surface area contributed by atoms with Crippen LogP contribution in [0.15, 0.2) is 41.3 Å². The minimum absolute atomic E-state index is 0.0952. The van der Waals surface area contributed by atoms with Crippen LogP contribution in [-0.2, 0) is 0 Å². The number of benzene rings is 1. The largest absolute Gasteiger partial charge is 0.407 e. The van der Waals surface area contributed by atoms with Gasteiger partial charge in [-0.15, -0.1) is 0 Å². The average molecular weight is 458 g/mol. The monoisotopic (exact) mass is 458 g/mol. The van der Waals surface area contributed by atoms with Crippen molar-refractivity contribution < 1.29 is 13.2 Å². The van der Waals surface area contributed by atoms with E-state index in [1.807, 2.05) is 0 Å². The second-order valence-electron chi connectivity index (χ2n) is 8.67. The molecule has 7 nitrogen and oxygen atoms in total. The molecule has 1 aliphatic carbocycles. The molecule has 0 aliphatic heterocycles.